The fourth-order valence-corrected chi connectivity index (χ4v) is 4.72. The summed E-state index contributed by atoms with van der Waals surface area (Å²) in [6.45, 7) is 0. The minimum atomic E-state index is -0.0838. The van der Waals surface area contributed by atoms with E-state index in [0.29, 0.717) is 0 Å². The van der Waals surface area contributed by atoms with E-state index >= 15 is 0 Å². The molecule has 4 heteroatoms. The molecule has 2 heterocycles. The number of nitrogens with zero attached hydrogens (tertiary/aromatic N) is 2. The predicted octanol–water partition coefficient (Wildman–Crippen LogP) is 4.13. The molecule has 3 nitrogen and oxygen atoms in total. The zero-order valence-electron chi connectivity index (χ0n) is 13.0. The summed E-state index contributed by atoms with van der Waals surface area (Å²) in [6, 6.07) is 0.110. The Kier molecular flexibility index (Phi) is 4.08. The molecule has 2 aliphatic heterocycles. The molecular formula is C19H20N2OS. The highest BCUT2D eigenvalue weighted by Crippen LogP contribution is 2.43. The number of thioether (sulfide) groups is 1. The average Bonchev–Trinajstić information content (AvgIpc) is 2.89. The van der Waals surface area contributed by atoms with Gasteiger partial charge in [-0.15, -0.1) is 11.8 Å². The van der Waals surface area contributed by atoms with Crippen LogP contribution in [0.1, 0.15) is 32.1 Å². The van der Waals surface area contributed by atoms with E-state index in [9.17, 15) is 4.79 Å². The minimum absolute atomic E-state index is 0.0838. The molecule has 118 valence electrons. The van der Waals surface area contributed by atoms with Crippen LogP contribution in [0.25, 0.3) is 0 Å². The summed E-state index contributed by atoms with van der Waals surface area (Å²) in [5.41, 5.74) is 1.22. The average molecular weight is 324 g/mol. The number of rotatable bonds is 3. The summed E-state index contributed by atoms with van der Waals surface area (Å²) in [5, 5.41) is -0.0838. The maximum absolute atomic E-state index is 13.1. The van der Waals surface area contributed by atoms with Gasteiger partial charge in [-0.25, -0.2) is 4.99 Å². The second-order valence-corrected chi connectivity index (χ2v) is 7.35. The third kappa shape index (κ3) is 2.76. The Morgan fingerprint density at radius 2 is 2.09 bits per heavy atom. The van der Waals surface area contributed by atoms with Gasteiger partial charge in [0.15, 0.2) is 0 Å². The van der Waals surface area contributed by atoms with Crippen molar-refractivity contribution in [1.82, 2.24) is 4.90 Å². The summed E-state index contributed by atoms with van der Waals surface area (Å²) in [4.78, 5) is 21.0. The highest BCUT2D eigenvalue weighted by molar-refractivity contribution is 8.04. The van der Waals surface area contributed by atoms with Gasteiger partial charge >= 0.3 is 0 Å². The molecule has 23 heavy (non-hydrogen) atoms. The monoisotopic (exact) mass is 324 g/mol. The summed E-state index contributed by atoms with van der Waals surface area (Å²) in [6.07, 6.45) is 21.6. The van der Waals surface area contributed by atoms with Crippen molar-refractivity contribution < 1.29 is 4.79 Å². The summed E-state index contributed by atoms with van der Waals surface area (Å²) in [5.74, 6) is 1.12. The molecule has 0 saturated carbocycles. The van der Waals surface area contributed by atoms with Crippen LogP contribution in [-0.4, -0.2) is 28.3 Å². The molecule has 4 rings (SSSR count). The number of carbonyl (C=O) groups excluding carboxylic acids is 1. The van der Waals surface area contributed by atoms with E-state index < -0.39 is 0 Å². The molecule has 2 unspecified atom stereocenters. The highest BCUT2D eigenvalue weighted by Gasteiger charge is 2.43. The molecule has 4 aliphatic rings. The molecule has 0 saturated heterocycles. The SMILES string of the molecule is O=C1C(SC2=CC=CCC2)C2=C(N=CCC2)N1C1C=CC=CC1. The van der Waals surface area contributed by atoms with Crippen LogP contribution in [0.15, 0.2) is 63.8 Å². The Morgan fingerprint density at radius 1 is 1.13 bits per heavy atom. The Bertz CT molecular complexity index is 696. The van der Waals surface area contributed by atoms with Gasteiger partial charge in [-0.3, -0.25) is 9.69 Å². The second-order valence-electron chi connectivity index (χ2n) is 6.12. The van der Waals surface area contributed by atoms with E-state index in [-0.39, 0.29) is 17.2 Å². The maximum atomic E-state index is 13.1. The van der Waals surface area contributed by atoms with Crippen molar-refractivity contribution in [1.29, 1.82) is 0 Å². The molecule has 0 bridgehead atoms. The van der Waals surface area contributed by atoms with E-state index in [2.05, 4.69) is 35.4 Å². The molecule has 0 N–H and O–H groups in total. The smallest absolute Gasteiger partial charge is 0.246 e. The first-order valence-electron chi connectivity index (χ1n) is 8.29. The first-order valence-corrected chi connectivity index (χ1v) is 9.17. The second kappa shape index (κ2) is 6.36. The lowest BCUT2D eigenvalue weighted by Gasteiger charge is -2.27. The number of allylic oxidation sites excluding steroid dienone is 6. The highest BCUT2D eigenvalue weighted by atomic mass is 32.2. The maximum Gasteiger partial charge on any atom is 0.246 e. The Morgan fingerprint density at radius 3 is 2.87 bits per heavy atom. The molecule has 0 aromatic heterocycles. The van der Waals surface area contributed by atoms with Crippen molar-refractivity contribution in [2.45, 2.75) is 43.4 Å². The van der Waals surface area contributed by atoms with Crippen LogP contribution >= 0.6 is 11.8 Å². The number of hydrogen-bond donors (Lipinski definition) is 0. The van der Waals surface area contributed by atoms with Gasteiger partial charge in [0.05, 0.1) is 6.04 Å². The largest absolute Gasteiger partial charge is 0.288 e. The zero-order chi connectivity index (χ0) is 15.6. The van der Waals surface area contributed by atoms with E-state index in [1.54, 1.807) is 11.8 Å². The van der Waals surface area contributed by atoms with Crippen molar-refractivity contribution in [3.8, 4) is 0 Å². The lowest BCUT2D eigenvalue weighted by atomic mass is 10.1. The van der Waals surface area contributed by atoms with Crippen molar-refractivity contribution in [3.05, 3.63) is 58.8 Å². The quantitative estimate of drug-likeness (QED) is 0.782. The van der Waals surface area contributed by atoms with Crippen LogP contribution in [0.4, 0.5) is 0 Å². The van der Waals surface area contributed by atoms with Gasteiger partial charge in [0, 0.05) is 6.21 Å². The van der Waals surface area contributed by atoms with Crippen LogP contribution in [-0.2, 0) is 4.79 Å². The normalized spacial score (nSPS) is 29.3. The lowest BCUT2D eigenvalue weighted by molar-refractivity contribution is -0.127. The molecular weight excluding hydrogens is 304 g/mol. The van der Waals surface area contributed by atoms with Gasteiger partial charge in [0.1, 0.15) is 11.1 Å². The fraction of sp³-hybridized carbons (Fsp3) is 0.368. The number of hydrogen-bond acceptors (Lipinski definition) is 3. The van der Waals surface area contributed by atoms with Gasteiger partial charge in [-0.05, 0) is 42.6 Å². The predicted molar refractivity (Wildman–Crippen MR) is 96.1 cm³/mol. The third-order valence-electron chi connectivity index (χ3n) is 4.58. The van der Waals surface area contributed by atoms with Crippen LogP contribution in [0.5, 0.6) is 0 Å². The first kappa shape index (κ1) is 14.8. The van der Waals surface area contributed by atoms with Crippen molar-refractivity contribution in [2.24, 2.45) is 4.99 Å². The molecule has 2 atom stereocenters. The standard InChI is InChI=1S/C19H20N2OS/c22-19-17(23-15-10-5-2-6-11-15)16-12-7-13-20-18(16)21(19)14-8-3-1-4-9-14/h1-5,8,10,13-14,17H,6-7,9,11-12H2. The molecule has 2 aliphatic carbocycles. The molecule has 0 spiro atoms. The Labute approximate surface area is 141 Å². The van der Waals surface area contributed by atoms with Gasteiger partial charge < -0.3 is 0 Å². The van der Waals surface area contributed by atoms with Gasteiger partial charge in [0.2, 0.25) is 5.91 Å². The van der Waals surface area contributed by atoms with Crippen LogP contribution < -0.4 is 0 Å². The number of aliphatic imine (C=N–C) groups is 1. The van der Waals surface area contributed by atoms with E-state index in [1.165, 1.54) is 10.5 Å². The number of carbonyl (C=O) groups is 1. The summed E-state index contributed by atoms with van der Waals surface area (Å²) < 4.78 is 0. The van der Waals surface area contributed by atoms with Crippen LogP contribution in [0, 0.1) is 0 Å². The minimum Gasteiger partial charge on any atom is -0.288 e. The van der Waals surface area contributed by atoms with Crippen LogP contribution in [0.3, 0.4) is 0 Å². The Balaban J connectivity index is 1.63. The summed E-state index contributed by atoms with van der Waals surface area (Å²) in [7, 11) is 0. The Hall–Kier alpha value is -1.81. The van der Waals surface area contributed by atoms with Crippen molar-refractivity contribution >= 4 is 23.9 Å². The fourth-order valence-electron chi connectivity index (χ4n) is 3.44. The van der Waals surface area contributed by atoms with Gasteiger partial charge in [-0.1, -0.05) is 42.5 Å². The lowest BCUT2D eigenvalue weighted by Crippen LogP contribution is -2.38. The van der Waals surface area contributed by atoms with Gasteiger partial charge in [0.25, 0.3) is 0 Å². The molecule has 0 aromatic carbocycles. The number of amides is 1. The van der Waals surface area contributed by atoms with Gasteiger partial charge in [-0.2, -0.15) is 0 Å². The van der Waals surface area contributed by atoms with E-state index in [4.69, 9.17) is 0 Å². The summed E-state index contributed by atoms with van der Waals surface area (Å²) >= 11 is 1.73. The van der Waals surface area contributed by atoms with E-state index in [0.717, 1.165) is 37.9 Å². The zero-order valence-corrected chi connectivity index (χ0v) is 13.8. The molecule has 0 aromatic rings. The molecule has 0 radical (unpaired) electrons. The molecule has 0 fully saturated rings. The third-order valence-corrected chi connectivity index (χ3v) is 5.95. The topological polar surface area (TPSA) is 32.7 Å². The van der Waals surface area contributed by atoms with Crippen LogP contribution in [0.2, 0.25) is 0 Å². The first-order chi connectivity index (χ1) is 11.3. The van der Waals surface area contributed by atoms with Crippen molar-refractivity contribution in [3.63, 3.8) is 0 Å². The van der Waals surface area contributed by atoms with E-state index in [1.807, 2.05) is 23.3 Å². The molecule has 1 amide bonds. The van der Waals surface area contributed by atoms with Crippen molar-refractivity contribution in [2.75, 3.05) is 0 Å².